The number of hydrogen-bond acceptors (Lipinski definition) is 3. The van der Waals surface area contributed by atoms with Gasteiger partial charge < -0.3 is 10.1 Å². The van der Waals surface area contributed by atoms with E-state index in [1.165, 1.54) is 16.0 Å². The number of nitrogens with one attached hydrogen (secondary N) is 1. The lowest BCUT2D eigenvalue weighted by molar-refractivity contribution is 0.283. The number of hydrogen-bond donors (Lipinski definition) is 1. The molecule has 0 bridgehead atoms. The van der Waals surface area contributed by atoms with Gasteiger partial charge in [-0.2, -0.15) is 0 Å². The van der Waals surface area contributed by atoms with Crippen molar-refractivity contribution in [3.8, 4) is 5.75 Å². The Morgan fingerprint density at radius 3 is 2.81 bits per heavy atom. The zero-order valence-electron chi connectivity index (χ0n) is 12.3. The van der Waals surface area contributed by atoms with Crippen molar-refractivity contribution in [2.24, 2.45) is 0 Å². The highest BCUT2D eigenvalue weighted by molar-refractivity contribution is 7.99. The van der Waals surface area contributed by atoms with Crippen molar-refractivity contribution in [1.29, 1.82) is 0 Å². The summed E-state index contributed by atoms with van der Waals surface area (Å²) in [4.78, 5) is 1.31. The van der Waals surface area contributed by atoms with E-state index in [9.17, 15) is 0 Å². The average Bonchev–Trinajstić information content (AvgIpc) is 2.56. The van der Waals surface area contributed by atoms with E-state index in [1.54, 1.807) is 0 Å². The fourth-order valence-corrected chi connectivity index (χ4v) is 3.77. The normalized spacial score (nSPS) is 15.1. The molecule has 1 N–H and O–H groups in total. The SMILES string of the molecule is CNC(CSc1ccccc1)c1cccc2c1OCCC2. The smallest absolute Gasteiger partial charge is 0.127 e. The van der Waals surface area contributed by atoms with E-state index in [4.69, 9.17) is 4.74 Å². The van der Waals surface area contributed by atoms with Crippen LogP contribution in [0.3, 0.4) is 0 Å². The summed E-state index contributed by atoms with van der Waals surface area (Å²) in [7, 11) is 2.03. The first-order chi connectivity index (χ1) is 10.4. The Bertz CT molecular complexity index is 585. The summed E-state index contributed by atoms with van der Waals surface area (Å²) in [5.41, 5.74) is 2.64. The summed E-state index contributed by atoms with van der Waals surface area (Å²) in [5.74, 6) is 2.11. The first-order valence-corrected chi connectivity index (χ1v) is 8.47. The molecule has 1 heterocycles. The fourth-order valence-electron chi connectivity index (χ4n) is 2.71. The molecule has 2 aromatic carbocycles. The molecule has 1 atom stereocenters. The molecular weight excluding hydrogens is 278 g/mol. The van der Waals surface area contributed by atoms with Crippen LogP contribution in [-0.2, 0) is 6.42 Å². The summed E-state index contributed by atoms with van der Waals surface area (Å²) in [5, 5.41) is 3.44. The molecule has 3 rings (SSSR count). The molecule has 1 aliphatic rings. The minimum Gasteiger partial charge on any atom is -0.493 e. The molecular formula is C18H21NOS. The largest absolute Gasteiger partial charge is 0.493 e. The van der Waals surface area contributed by atoms with E-state index >= 15 is 0 Å². The lowest BCUT2D eigenvalue weighted by Crippen LogP contribution is -2.21. The maximum Gasteiger partial charge on any atom is 0.127 e. The van der Waals surface area contributed by atoms with E-state index in [1.807, 2.05) is 18.8 Å². The molecule has 0 aromatic heterocycles. The summed E-state index contributed by atoms with van der Waals surface area (Å²) in [6.07, 6.45) is 2.25. The summed E-state index contributed by atoms with van der Waals surface area (Å²) >= 11 is 1.88. The Hall–Kier alpha value is -1.45. The van der Waals surface area contributed by atoms with Crippen molar-refractivity contribution in [3.05, 3.63) is 59.7 Å². The minimum absolute atomic E-state index is 0.309. The van der Waals surface area contributed by atoms with Crippen molar-refractivity contribution in [2.75, 3.05) is 19.4 Å². The maximum absolute atomic E-state index is 5.94. The van der Waals surface area contributed by atoms with E-state index in [-0.39, 0.29) is 0 Å². The van der Waals surface area contributed by atoms with Gasteiger partial charge in [0, 0.05) is 22.3 Å². The fraction of sp³-hybridized carbons (Fsp3) is 0.333. The molecule has 0 amide bonds. The second-order valence-electron chi connectivity index (χ2n) is 5.25. The highest BCUT2D eigenvalue weighted by Gasteiger charge is 2.20. The highest BCUT2D eigenvalue weighted by atomic mass is 32.2. The van der Waals surface area contributed by atoms with E-state index < -0.39 is 0 Å². The third-order valence-corrected chi connectivity index (χ3v) is 4.95. The van der Waals surface area contributed by atoms with E-state index in [2.05, 4.69) is 53.8 Å². The van der Waals surface area contributed by atoms with Gasteiger partial charge in [-0.15, -0.1) is 11.8 Å². The Morgan fingerprint density at radius 2 is 2.00 bits per heavy atom. The van der Waals surface area contributed by atoms with Gasteiger partial charge in [0.25, 0.3) is 0 Å². The van der Waals surface area contributed by atoms with Gasteiger partial charge in [-0.1, -0.05) is 36.4 Å². The molecule has 3 heteroatoms. The van der Waals surface area contributed by atoms with Gasteiger partial charge in [-0.3, -0.25) is 0 Å². The third-order valence-electron chi connectivity index (χ3n) is 3.85. The average molecular weight is 299 g/mol. The van der Waals surface area contributed by atoms with Crippen molar-refractivity contribution < 1.29 is 4.74 Å². The van der Waals surface area contributed by atoms with Crippen LogP contribution in [0.15, 0.2) is 53.4 Å². The Labute approximate surface area is 130 Å². The first kappa shape index (κ1) is 14.5. The number of thioether (sulfide) groups is 1. The first-order valence-electron chi connectivity index (χ1n) is 7.48. The number of benzene rings is 2. The van der Waals surface area contributed by atoms with Crippen LogP contribution in [-0.4, -0.2) is 19.4 Å². The predicted molar refractivity (Wildman–Crippen MR) is 89.2 cm³/mol. The van der Waals surface area contributed by atoms with Crippen molar-refractivity contribution in [2.45, 2.75) is 23.8 Å². The van der Waals surface area contributed by atoms with Gasteiger partial charge in [0.2, 0.25) is 0 Å². The third kappa shape index (κ3) is 3.42. The topological polar surface area (TPSA) is 21.3 Å². The standard InChI is InChI=1S/C18H21NOS/c1-19-17(13-21-15-9-3-2-4-10-15)16-11-5-7-14-8-6-12-20-18(14)16/h2-5,7,9-11,17,19H,6,8,12-13H2,1H3. The second-order valence-corrected chi connectivity index (χ2v) is 6.35. The Balaban J connectivity index is 1.77. The molecule has 1 unspecified atom stereocenters. The van der Waals surface area contributed by atoms with Crippen LogP contribution in [0.4, 0.5) is 0 Å². The molecule has 0 aliphatic carbocycles. The molecule has 21 heavy (non-hydrogen) atoms. The highest BCUT2D eigenvalue weighted by Crippen LogP contribution is 2.35. The Kier molecular flexibility index (Phi) is 4.84. The quantitative estimate of drug-likeness (QED) is 0.841. The van der Waals surface area contributed by atoms with E-state index in [0.29, 0.717) is 6.04 Å². The molecule has 0 spiro atoms. The van der Waals surface area contributed by atoms with Crippen LogP contribution in [0.2, 0.25) is 0 Å². The molecule has 0 saturated carbocycles. The second kappa shape index (κ2) is 7.01. The molecule has 110 valence electrons. The maximum atomic E-state index is 5.94. The van der Waals surface area contributed by atoms with Gasteiger partial charge in [0.1, 0.15) is 5.75 Å². The van der Waals surface area contributed by atoms with Crippen molar-refractivity contribution >= 4 is 11.8 Å². The molecule has 2 nitrogen and oxygen atoms in total. The molecule has 1 aliphatic heterocycles. The Morgan fingerprint density at radius 1 is 1.14 bits per heavy atom. The van der Waals surface area contributed by atoms with Crippen LogP contribution in [0, 0.1) is 0 Å². The number of fused-ring (bicyclic) bond motifs is 1. The van der Waals surface area contributed by atoms with Crippen molar-refractivity contribution in [1.82, 2.24) is 5.32 Å². The monoisotopic (exact) mass is 299 g/mol. The predicted octanol–water partition coefficient (Wildman–Crippen LogP) is 4.06. The number of aryl methyl sites for hydroxylation is 1. The lowest BCUT2D eigenvalue weighted by Gasteiger charge is -2.25. The summed E-state index contributed by atoms with van der Waals surface area (Å²) in [6.45, 7) is 0.840. The van der Waals surface area contributed by atoms with Crippen LogP contribution in [0.1, 0.15) is 23.6 Å². The molecule has 0 fully saturated rings. The summed E-state index contributed by atoms with van der Waals surface area (Å²) in [6, 6.07) is 17.4. The van der Waals surface area contributed by atoms with Crippen molar-refractivity contribution in [3.63, 3.8) is 0 Å². The van der Waals surface area contributed by atoms with Gasteiger partial charge in [0.05, 0.1) is 6.61 Å². The molecule has 0 saturated heterocycles. The lowest BCUT2D eigenvalue weighted by atomic mass is 9.99. The zero-order chi connectivity index (χ0) is 14.5. The van der Waals surface area contributed by atoms with Crippen LogP contribution in [0.25, 0.3) is 0 Å². The number of ether oxygens (including phenoxy) is 1. The van der Waals surface area contributed by atoms with Crippen LogP contribution >= 0.6 is 11.8 Å². The zero-order valence-corrected chi connectivity index (χ0v) is 13.2. The van der Waals surface area contributed by atoms with Gasteiger partial charge >= 0.3 is 0 Å². The van der Waals surface area contributed by atoms with Crippen LogP contribution < -0.4 is 10.1 Å². The summed E-state index contributed by atoms with van der Waals surface area (Å²) < 4.78 is 5.94. The molecule has 0 radical (unpaired) electrons. The van der Waals surface area contributed by atoms with Gasteiger partial charge in [-0.05, 0) is 37.6 Å². The van der Waals surface area contributed by atoms with Crippen LogP contribution in [0.5, 0.6) is 5.75 Å². The minimum atomic E-state index is 0.309. The van der Waals surface area contributed by atoms with Gasteiger partial charge in [-0.25, -0.2) is 0 Å². The molecule has 2 aromatic rings. The van der Waals surface area contributed by atoms with Gasteiger partial charge in [0.15, 0.2) is 0 Å². The number of para-hydroxylation sites is 1. The van der Waals surface area contributed by atoms with E-state index in [0.717, 1.165) is 31.0 Å². The number of rotatable bonds is 5.